The van der Waals surface area contributed by atoms with E-state index in [-0.39, 0.29) is 0 Å². The molecule has 0 aromatic carbocycles. The summed E-state index contributed by atoms with van der Waals surface area (Å²) in [4.78, 5) is 0. The molecular formula is C11H13N3. The summed E-state index contributed by atoms with van der Waals surface area (Å²) in [5, 5.41) is 7.73. The Morgan fingerprint density at radius 2 is 2.36 bits per heavy atom. The van der Waals surface area contributed by atoms with Gasteiger partial charge in [0, 0.05) is 18.4 Å². The first kappa shape index (κ1) is 8.00. The molecular weight excluding hydrogens is 174 g/mol. The van der Waals surface area contributed by atoms with Crippen LogP contribution in [0.1, 0.15) is 24.4 Å². The summed E-state index contributed by atoms with van der Waals surface area (Å²) < 4.78 is 1.94. The van der Waals surface area contributed by atoms with E-state index in [4.69, 9.17) is 0 Å². The molecule has 0 bridgehead atoms. The first-order valence-electron chi connectivity index (χ1n) is 5.10. The number of nitrogens with one attached hydrogen (secondary N) is 1. The lowest BCUT2D eigenvalue weighted by Crippen LogP contribution is -2.13. The van der Waals surface area contributed by atoms with Crippen LogP contribution in [0.5, 0.6) is 0 Å². The van der Waals surface area contributed by atoms with E-state index in [1.54, 1.807) is 0 Å². The number of nitrogens with zero attached hydrogens (tertiary/aromatic N) is 2. The van der Waals surface area contributed by atoms with Gasteiger partial charge in [0.25, 0.3) is 0 Å². The number of hydrogen-bond acceptors (Lipinski definition) is 2. The van der Waals surface area contributed by atoms with Crippen molar-refractivity contribution in [2.24, 2.45) is 0 Å². The zero-order valence-electron chi connectivity index (χ0n) is 7.98. The molecule has 1 saturated heterocycles. The highest BCUT2D eigenvalue weighted by Gasteiger charge is 2.16. The van der Waals surface area contributed by atoms with Gasteiger partial charge in [-0.15, -0.1) is 0 Å². The summed E-state index contributed by atoms with van der Waals surface area (Å²) in [5.41, 5.74) is 2.51. The van der Waals surface area contributed by atoms with Crippen LogP contribution in [0.4, 0.5) is 0 Å². The van der Waals surface area contributed by atoms with Gasteiger partial charge in [-0.2, -0.15) is 5.10 Å². The molecule has 1 fully saturated rings. The van der Waals surface area contributed by atoms with E-state index in [1.165, 1.54) is 18.4 Å². The van der Waals surface area contributed by atoms with Gasteiger partial charge in [-0.25, -0.2) is 4.52 Å². The van der Waals surface area contributed by atoms with Crippen molar-refractivity contribution < 1.29 is 0 Å². The maximum Gasteiger partial charge on any atom is 0.0661 e. The van der Waals surface area contributed by atoms with E-state index < -0.39 is 0 Å². The van der Waals surface area contributed by atoms with Crippen LogP contribution in [0.25, 0.3) is 5.52 Å². The molecule has 2 aromatic heterocycles. The number of hydrogen-bond donors (Lipinski definition) is 1. The fourth-order valence-corrected chi connectivity index (χ4v) is 2.11. The average molecular weight is 187 g/mol. The quantitative estimate of drug-likeness (QED) is 0.737. The zero-order chi connectivity index (χ0) is 9.38. The Kier molecular flexibility index (Phi) is 1.77. The molecule has 1 unspecified atom stereocenters. The van der Waals surface area contributed by atoms with Crippen LogP contribution >= 0.6 is 0 Å². The Balaban J connectivity index is 2.04. The predicted molar refractivity (Wildman–Crippen MR) is 55.2 cm³/mol. The van der Waals surface area contributed by atoms with Crippen molar-refractivity contribution in [3.63, 3.8) is 0 Å². The summed E-state index contributed by atoms with van der Waals surface area (Å²) in [6.07, 6.45) is 6.48. The van der Waals surface area contributed by atoms with Crippen LogP contribution in [-0.2, 0) is 0 Å². The summed E-state index contributed by atoms with van der Waals surface area (Å²) in [5.74, 6) is 0. The van der Waals surface area contributed by atoms with Crippen LogP contribution < -0.4 is 5.32 Å². The van der Waals surface area contributed by atoms with Gasteiger partial charge in [0.1, 0.15) is 0 Å². The van der Waals surface area contributed by atoms with Crippen molar-refractivity contribution in [1.82, 2.24) is 14.9 Å². The van der Waals surface area contributed by atoms with Gasteiger partial charge >= 0.3 is 0 Å². The summed E-state index contributed by atoms with van der Waals surface area (Å²) in [7, 11) is 0. The lowest BCUT2D eigenvalue weighted by atomic mass is 10.1. The lowest BCUT2D eigenvalue weighted by molar-refractivity contribution is 0.642. The van der Waals surface area contributed by atoms with Crippen LogP contribution in [0.3, 0.4) is 0 Å². The van der Waals surface area contributed by atoms with E-state index >= 15 is 0 Å². The molecule has 0 aliphatic carbocycles. The topological polar surface area (TPSA) is 29.3 Å². The molecule has 3 nitrogen and oxygen atoms in total. The smallest absolute Gasteiger partial charge is 0.0661 e. The molecule has 3 heterocycles. The standard InChI is InChI=1S/C11H13N3/c1-2-11(12-6-1)9-3-4-10-5-7-13-14(10)8-9/h3-5,7-8,11-12H,1-2,6H2. The number of fused-ring (bicyclic) bond motifs is 1. The molecule has 1 aliphatic rings. The summed E-state index contributed by atoms with van der Waals surface area (Å²) in [6.45, 7) is 1.14. The minimum Gasteiger partial charge on any atom is -0.310 e. The van der Waals surface area contributed by atoms with Crippen LogP contribution in [-0.4, -0.2) is 16.2 Å². The third kappa shape index (κ3) is 1.21. The van der Waals surface area contributed by atoms with E-state index in [9.17, 15) is 0 Å². The van der Waals surface area contributed by atoms with Gasteiger partial charge in [0.15, 0.2) is 0 Å². The predicted octanol–water partition coefficient (Wildman–Crippen LogP) is 1.76. The van der Waals surface area contributed by atoms with E-state index in [0.717, 1.165) is 12.1 Å². The SMILES string of the molecule is c1cc2ccc(C3CCCN3)cn2n1. The van der Waals surface area contributed by atoms with Crippen LogP contribution in [0.2, 0.25) is 0 Å². The molecule has 14 heavy (non-hydrogen) atoms. The van der Waals surface area contributed by atoms with Crippen molar-refractivity contribution in [3.8, 4) is 0 Å². The van der Waals surface area contributed by atoms with Crippen molar-refractivity contribution in [2.75, 3.05) is 6.54 Å². The van der Waals surface area contributed by atoms with Gasteiger partial charge in [-0.05, 0) is 37.1 Å². The lowest BCUT2D eigenvalue weighted by Gasteiger charge is -2.10. The van der Waals surface area contributed by atoms with Gasteiger partial charge in [-0.1, -0.05) is 6.07 Å². The average Bonchev–Trinajstić information content (AvgIpc) is 2.88. The van der Waals surface area contributed by atoms with Gasteiger partial charge < -0.3 is 5.32 Å². The van der Waals surface area contributed by atoms with Gasteiger partial charge in [-0.3, -0.25) is 0 Å². The normalized spacial score (nSPS) is 21.9. The molecule has 72 valence electrons. The molecule has 1 N–H and O–H groups in total. The van der Waals surface area contributed by atoms with Crippen molar-refractivity contribution in [3.05, 3.63) is 36.2 Å². The summed E-state index contributed by atoms with van der Waals surface area (Å²) in [6, 6.07) is 6.87. The minimum atomic E-state index is 0.531. The Morgan fingerprint density at radius 1 is 1.36 bits per heavy atom. The first-order valence-corrected chi connectivity index (χ1v) is 5.10. The van der Waals surface area contributed by atoms with E-state index in [0.29, 0.717) is 6.04 Å². The first-order chi connectivity index (χ1) is 6.93. The summed E-state index contributed by atoms with van der Waals surface area (Å²) >= 11 is 0. The second-order valence-corrected chi connectivity index (χ2v) is 3.81. The maximum absolute atomic E-state index is 4.24. The minimum absolute atomic E-state index is 0.531. The van der Waals surface area contributed by atoms with Gasteiger partial charge in [0.2, 0.25) is 0 Å². The monoisotopic (exact) mass is 187 g/mol. The fourth-order valence-electron chi connectivity index (χ4n) is 2.11. The fraction of sp³-hybridized carbons (Fsp3) is 0.364. The van der Waals surface area contributed by atoms with Crippen molar-refractivity contribution >= 4 is 5.52 Å². The number of aromatic nitrogens is 2. The molecule has 0 radical (unpaired) electrons. The van der Waals surface area contributed by atoms with E-state index in [1.807, 2.05) is 16.8 Å². The second kappa shape index (κ2) is 3.10. The number of rotatable bonds is 1. The molecule has 1 aliphatic heterocycles. The largest absolute Gasteiger partial charge is 0.310 e. The Labute approximate surface area is 82.7 Å². The molecule has 3 heteroatoms. The molecule has 2 aromatic rings. The Bertz CT molecular complexity index is 440. The van der Waals surface area contributed by atoms with Crippen molar-refractivity contribution in [1.29, 1.82) is 0 Å². The highest BCUT2D eigenvalue weighted by atomic mass is 15.2. The highest BCUT2D eigenvalue weighted by Crippen LogP contribution is 2.22. The van der Waals surface area contributed by atoms with Gasteiger partial charge in [0.05, 0.1) is 5.52 Å². The zero-order valence-corrected chi connectivity index (χ0v) is 7.98. The van der Waals surface area contributed by atoms with Crippen LogP contribution in [0, 0.1) is 0 Å². The molecule has 1 atom stereocenters. The molecule has 0 saturated carbocycles. The Hall–Kier alpha value is -1.35. The third-order valence-corrected chi connectivity index (χ3v) is 2.88. The van der Waals surface area contributed by atoms with E-state index in [2.05, 4.69) is 28.7 Å². The third-order valence-electron chi connectivity index (χ3n) is 2.88. The number of pyridine rings is 1. The Morgan fingerprint density at radius 3 is 3.21 bits per heavy atom. The second-order valence-electron chi connectivity index (χ2n) is 3.81. The van der Waals surface area contributed by atoms with Crippen molar-refractivity contribution in [2.45, 2.75) is 18.9 Å². The molecule has 0 amide bonds. The molecule has 0 spiro atoms. The van der Waals surface area contributed by atoms with Crippen LogP contribution in [0.15, 0.2) is 30.6 Å². The molecule has 3 rings (SSSR count). The highest BCUT2D eigenvalue weighted by molar-refractivity contribution is 5.46. The maximum atomic E-state index is 4.24.